The van der Waals surface area contributed by atoms with Crippen LogP contribution in [0.5, 0.6) is 0 Å². The van der Waals surface area contributed by atoms with Crippen LogP contribution >= 0.6 is 27.3 Å². The topological polar surface area (TPSA) is 20.2 Å². The summed E-state index contributed by atoms with van der Waals surface area (Å²) in [7, 11) is 0. The van der Waals surface area contributed by atoms with Crippen LogP contribution < -0.4 is 0 Å². The van der Waals surface area contributed by atoms with E-state index < -0.39 is 5.60 Å². The predicted octanol–water partition coefficient (Wildman–Crippen LogP) is 4.30. The summed E-state index contributed by atoms with van der Waals surface area (Å²) in [5.74, 6) is 0. The van der Waals surface area contributed by atoms with Crippen molar-refractivity contribution in [2.75, 3.05) is 0 Å². The highest BCUT2D eigenvalue weighted by Gasteiger charge is 2.29. The molecule has 1 heterocycles. The van der Waals surface area contributed by atoms with Crippen LogP contribution in [0.15, 0.2) is 15.2 Å². The van der Waals surface area contributed by atoms with E-state index in [9.17, 15) is 5.11 Å². The van der Waals surface area contributed by atoms with Crippen molar-refractivity contribution in [1.29, 1.82) is 0 Å². The molecule has 1 rings (SSSR count). The molecule has 0 atom stereocenters. The van der Waals surface area contributed by atoms with Gasteiger partial charge in [0.15, 0.2) is 0 Å². The van der Waals surface area contributed by atoms with Gasteiger partial charge in [-0.15, -0.1) is 0 Å². The monoisotopic (exact) mass is 276 g/mol. The Morgan fingerprint density at radius 2 is 1.86 bits per heavy atom. The van der Waals surface area contributed by atoms with Gasteiger partial charge in [-0.05, 0) is 34.2 Å². The molecule has 0 radical (unpaired) electrons. The minimum absolute atomic E-state index is 0.623. The smallest absolute Gasteiger partial charge is 0.0915 e. The average molecular weight is 277 g/mol. The number of thiophene rings is 1. The summed E-state index contributed by atoms with van der Waals surface area (Å²) in [6.45, 7) is 4.22. The third-order valence-electron chi connectivity index (χ3n) is 2.44. The first kappa shape index (κ1) is 12.2. The SMILES string of the molecule is CCCC(O)(CCC)c1cscc1Br. The van der Waals surface area contributed by atoms with Crippen molar-refractivity contribution in [3.8, 4) is 0 Å². The molecule has 1 aromatic rings. The molecule has 1 aromatic heterocycles. The maximum Gasteiger partial charge on any atom is 0.0915 e. The fraction of sp³-hybridized carbons (Fsp3) is 0.636. The molecule has 0 aliphatic carbocycles. The largest absolute Gasteiger partial charge is 0.385 e. The van der Waals surface area contributed by atoms with Gasteiger partial charge in [-0.25, -0.2) is 0 Å². The Labute approximate surface area is 98.3 Å². The van der Waals surface area contributed by atoms with Gasteiger partial charge in [0.25, 0.3) is 0 Å². The van der Waals surface area contributed by atoms with E-state index in [0.29, 0.717) is 0 Å². The van der Waals surface area contributed by atoms with Crippen molar-refractivity contribution in [3.63, 3.8) is 0 Å². The Hall–Kier alpha value is 0.140. The van der Waals surface area contributed by atoms with Crippen molar-refractivity contribution in [2.24, 2.45) is 0 Å². The van der Waals surface area contributed by atoms with Gasteiger partial charge in [0.1, 0.15) is 0 Å². The van der Waals surface area contributed by atoms with Crippen LogP contribution in [0, 0.1) is 0 Å². The van der Waals surface area contributed by atoms with Gasteiger partial charge < -0.3 is 5.11 Å². The molecule has 0 saturated heterocycles. The molecular weight excluding hydrogens is 260 g/mol. The summed E-state index contributed by atoms with van der Waals surface area (Å²) < 4.78 is 1.05. The molecule has 0 aliphatic heterocycles. The van der Waals surface area contributed by atoms with Gasteiger partial charge in [-0.2, -0.15) is 11.3 Å². The highest BCUT2D eigenvalue weighted by atomic mass is 79.9. The third-order valence-corrected chi connectivity index (χ3v) is 4.15. The van der Waals surface area contributed by atoms with Crippen LogP contribution in [0.25, 0.3) is 0 Å². The van der Waals surface area contributed by atoms with E-state index in [1.54, 1.807) is 11.3 Å². The van der Waals surface area contributed by atoms with Crippen molar-refractivity contribution in [2.45, 2.75) is 45.1 Å². The van der Waals surface area contributed by atoms with Gasteiger partial charge >= 0.3 is 0 Å². The normalized spacial score (nSPS) is 12.0. The lowest BCUT2D eigenvalue weighted by Crippen LogP contribution is -2.25. The summed E-state index contributed by atoms with van der Waals surface area (Å²) in [5.41, 5.74) is 0.439. The summed E-state index contributed by atoms with van der Waals surface area (Å²) in [4.78, 5) is 0. The second-order valence-electron chi connectivity index (χ2n) is 3.66. The molecular formula is C11H17BrOS. The van der Waals surface area contributed by atoms with Crippen molar-refractivity contribution in [1.82, 2.24) is 0 Å². The molecule has 0 fully saturated rings. The summed E-state index contributed by atoms with van der Waals surface area (Å²) >= 11 is 5.13. The van der Waals surface area contributed by atoms with Crippen LogP contribution in [0.3, 0.4) is 0 Å². The number of hydrogen-bond acceptors (Lipinski definition) is 2. The highest BCUT2D eigenvalue weighted by molar-refractivity contribution is 9.10. The first-order valence-electron chi connectivity index (χ1n) is 5.08. The van der Waals surface area contributed by atoms with Crippen LogP contribution in [-0.4, -0.2) is 5.11 Å². The van der Waals surface area contributed by atoms with Crippen molar-refractivity contribution >= 4 is 27.3 Å². The Kier molecular flexibility index (Phi) is 4.61. The highest BCUT2D eigenvalue weighted by Crippen LogP contribution is 2.37. The molecule has 1 N–H and O–H groups in total. The molecule has 0 saturated carbocycles. The Bertz CT molecular complexity index is 277. The van der Waals surface area contributed by atoms with E-state index in [0.717, 1.165) is 35.7 Å². The molecule has 0 aromatic carbocycles. The quantitative estimate of drug-likeness (QED) is 0.850. The zero-order valence-corrected chi connectivity index (χ0v) is 11.1. The number of rotatable bonds is 5. The minimum Gasteiger partial charge on any atom is -0.385 e. The zero-order chi connectivity index (χ0) is 10.6. The molecule has 80 valence electrons. The average Bonchev–Trinajstić information content (AvgIpc) is 2.52. The predicted molar refractivity (Wildman–Crippen MR) is 65.7 cm³/mol. The van der Waals surface area contributed by atoms with E-state index in [1.807, 2.05) is 5.38 Å². The Morgan fingerprint density at radius 3 is 2.21 bits per heavy atom. The standard InChI is InChI=1S/C11H17BrOS/c1-3-5-11(13,6-4-2)9-7-14-8-10(9)12/h7-8,13H,3-6H2,1-2H3. The molecule has 0 bridgehead atoms. The van der Waals surface area contributed by atoms with Crippen LogP contribution in [0.4, 0.5) is 0 Å². The van der Waals surface area contributed by atoms with E-state index in [4.69, 9.17) is 0 Å². The lowest BCUT2D eigenvalue weighted by Gasteiger charge is -2.27. The first-order chi connectivity index (χ1) is 6.64. The number of halogens is 1. The fourth-order valence-corrected chi connectivity index (χ4v) is 3.59. The van der Waals surface area contributed by atoms with E-state index >= 15 is 0 Å². The van der Waals surface area contributed by atoms with E-state index in [-0.39, 0.29) is 0 Å². The van der Waals surface area contributed by atoms with Crippen LogP contribution in [0.1, 0.15) is 45.1 Å². The number of aliphatic hydroxyl groups is 1. The number of hydrogen-bond donors (Lipinski definition) is 1. The Morgan fingerprint density at radius 1 is 1.29 bits per heavy atom. The maximum absolute atomic E-state index is 10.5. The summed E-state index contributed by atoms with van der Waals surface area (Å²) in [6.07, 6.45) is 3.71. The van der Waals surface area contributed by atoms with Gasteiger partial charge in [0.2, 0.25) is 0 Å². The molecule has 0 unspecified atom stereocenters. The second-order valence-corrected chi connectivity index (χ2v) is 5.26. The minimum atomic E-state index is -0.623. The lowest BCUT2D eigenvalue weighted by molar-refractivity contribution is 0.0167. The first-order valence-corrected chi connectivity index (χ1v) is 6.82. The van der Waals surface area contributed by atoms with Gasteiger partial charge in [-0.3, -0.25) is 0 Å². The summed E-state index contributed by atoms with van der Waals surface area (Å²) in [5, 5.41) is 14.6. The Balaban J connectivity index is 2.92. The van der Waals surface area contributed by atoms with Gasteiger partial charge in [0.05, 0.1) is 5.60 Å². The van der Waals surface area contributed by atoms with Crippen molar-refractivity contribution in [3.05, 3.63) is 20.8 Å². The van der Waals surface area contributed by atoms with Crippen molar-refractivity contribution < 1.29 is 5.11 Å². The zero-order valence-electron chi connectivity index (χ0n) is 8.72. The maximum atomic E-state index is 10.5. The molecule has 14 heavy (non-hydrogen) atoms. The molecule has 0 aliphatic rings. The van der Waals surface area contributed by atoms with Gasteiger partial charge in [0, 0.05) is 15.4 Å². The van der Waals surface area contributed by atoms with E-state index in [1.165, 1.54) is 0 Å². The molecule has 3 heteroatoms. The second kappa shape index (κ2) is 5.29. The van der Waals surface area contributed by atoms with E-state index in [2.05, 4.69) is 35.2 Å². The summed E-state index contributed by atoms with van der Waals surface area (Å²) in [6, 6.07) is 0. The fourth-order valence-electron chi connectivity index (χ4n) is 1.84. The lowest BCUT2D eigenvalue weighted by atomic mass is 9.87. The molecule has 0 amide bonds. The molecule has 0 spiro atoms. The third kappa shape index (κ3) is 2.59. The van der Waals surface area contributed by atoms with Gasteiger partial charge in [-0.1, -0.05) is 26.7 Å². The van der Waals surface area contributed by atoms with Crippen LogP contribution in [0.2, 0.25) is 0 Å². The molecule has 1 nitrogen and oxygen atoms in total. The van der Waals surface area contributed by atoms with Crippen LogP contribution in [-0.2, 0) is 5.60 Å².